The summed E-state index contributed by atoms with van der Waals surface area (Å²) in [6.07, 6.45) is -3.56. The van der Waals surface area contributed by atoms with Gasteiger partial charge in [0.25, 0.3) is 5.56 Å². The van der Waals surface area contributed by atoms with E-state index >= 15 is 0 Å². The first-order chi connectivity index (χ1) is 11.0. The van der Waals surface area contributed by atoms with Crippen LogP contribution in [-0.2, 0) is 9.16 Å². The third-order valence-electron chi connectivity index (χ3n) is 4.81. The molecular formula is C15H25FN2O5Si. The van der Waals surface area contributed by atoms with Gasteiger partial charge in [0.1, 0.15) is 12.2 Å². The van der Waals surface area contributed by atoms with Crippen LogP contribution in [0.5, 0.6) is 0 Å². The van der Waals surface area contributed by atoms with Crippen LogP contribution in [0.2, 0.25) is 18.1 Å². The number of aliphatic hydroxyl groups is 1. The zero-order chi connectivity index (χ0) is 18.3. The predicted octanol–water partition coefficient (Wildman–Crippen LogP) is 1.15. The Kier molecular flexibility index (Phi) is 5.19. The fraction of sp³-hybridized carbons (Fsp3) is 0.733. The molecule has 0 amide bonds. The number of nitrogens with zero attached hydrogens (tertiary/aromatic N) is 1. The van der Waals surface area contributed by atoms with E-state index in [-0.39, 0.29) is 5.04 Å². The van der Waals surface area contributed by atoms with Gasteiger partial charge in [-0.15, -0.1) is 0 Å². The predicted molar refractivity (Wildman–Crippen MR) is 89.3 cm³/mol. The Labute approximate surface area is 140 Å². The standard InChI is InChI=1S/C15H25FN2O5Si/c1-15(2,3)24(4,5)23-12-9(8-19)22-13(11(12)16)18-7-6-10(20)17-14(18)21/h6-7,9,11-13,19H,8H2,1-5H3,(H,17,20,21)/t9-,11+,12?,13-/m1/s1. The van der Waals surface area contributed by atoms with E-state index in [0.29, 0.717) is 0 Å². The molecule has 0 radical (unpaired) electrons. The summed E-state index contributed by atoms with van der Waals surface area (Å²) >= 11 is 0. The van der Waals surface area contributed by atoms with Crippen molar-refractivity contribution in [3.8, 4) is 0 Å². The van der Waals surface area contributed by atoms with Crippen molar-refractivity contribution in [3.05, 3.63) is 33.1 Å². The molecular weight excluding hydrogens is 335 g/mol. The Morgan fingerprint density at radius 1 is 1.42 bits per heavy atom. The van der Waals surface area contributed by atoms with Crippen molar-refractivity contribution in [2.45, 2.75) is 63.5 Å². The van der Waals surface area contributed by atoms with Crippen LogP contribution in [0.25, 0.3) is 0 Å². The van der Waals surface area contributed by atoms with Gasteiger partial charge in [0.2, 0.25) is 0 Å². The normalized spacial score (nSPS) is 28.3. The highest BCUT2D eigenvalue weighted by Crippen LogP contribution is 2.41. The molecule has 0 bridgehead atoms. The summed E-state index contributed by atoms with van der Waals surface area (Å²) in [4.78, 5) is 25.1. The number of hydrogen-bond donors (Lipinski definition) is 2. The molecule has 9 heteroatoms. The van der Waals surface area contributed by atoms with E-state index < -0.39 is 50.8 Å². The van der Waals surface area contributed by atoms with E-state index in [1.165, 1.54) is 6.20 Å². The van der Waals surface area contributed by atoms with Gasteiger partial charge in [-0.1, -0.05) is 20.8 Å². The van der Waals surface area contributed by atoms with Crippen LogP contribution in [0.1, 0.15) is 27.0 Å². The molecule has 7 nitrogen and oxygen atoms in total. The fourth-order valence-electron chi connectivity index (χ4n) is 2.35. The van der Waals surface area contributed by atoms with Crippen molar-refractivity contribution in [1.82, 2.24) is 9.55 Å². The molecule has 1 saturated heterocycles. The number of ether oxygens (including phenoxy) is 1. The number of hydrogen-bond acceptors (Lipinski definition) is 5. The Balaban J connectivity index is 2.31. The molecule has 24 heavy (non-hydrogen) atoms. The van der Waals surface area contributed by atoms with E-state index in [1.807, 2.05) is 33.9 Å². The van der Waals surface area contributed by atoms with Crippen LogP contribution >= 0.6 is 0 Å². The topological polar surface area (TPSA) is 93.5 Å². The molecule has 2 heterocycles. The third-order valence-corrected chi connectivity index (χ3v) is 9.28. The highest BCUT2D eigenvalue weighted by Gasteiger charge is 2.51. The summed E-state index contributed by atoms with van der Waals surface area (Å²) < 4.78 is 27.6. The average Bonchev–Trinajstić information content (AvgIpc) is 2.74. The SMILES string of the molecule is CC(C)(C)[Si](C)(C)OC1[C@@H](CO)O[C@@H](n2ccc(=O)[nH]c2=O)[C@H]1F. The van der Waals surface area contributed by atoms with E-state index in [4.69, 9.17) is 9.16 Å². The molecule has 0 aliphatic carbocycles. The first-order valence-electron chi connectivity index (χ1n) is 7.87. The van der Waals surface area contributed by atoms with Crippen LogP contribution in [-0.4, -0.2) is 48.0 Å². The molecule has 1 aliphatic heterocycles. The van der Waals surface area contributed by atoms with E-state index in [2.05, 4.69) is 4.98 Å². The van der Waals surface area contributed by atoms with Gasteiger partial charge in [-0.2, -0.15) is 0 Å². The summed E-state index contributed by atoms with van der Waals surface area (Å²) in [7, 11) is -2.30. The Morgan fingerprint density at radius 2 is 2.04 bits per heavy atom. The van der Waals surface area contributed by atoms with Gasteiger partial charge in [0.05, 0.1) is 6.61 Å². The van der Waals surface area contributed by atoms with Crippen LogP contribution in [0.15, 0.2) is 21.9 Å². The Hall–Kier alpha value is -1.29. The number of aliphatic hydroxyl groups excluding tert-OH is 1. The molecule has 1 fully saturated rings. The first kappa shape index (κ1) is 19.0. The van der Waals surface area contributed by atoms with E-state index in [9.17, 15) is 19.1 Å². The second-order valence-corrected chi connectivity index (χ2v) is 12.3. The van der Waals surface area contributed by atoms with Gasteiger partial charge in [-0.05, 0) is 18.1 Å². The van der Waals surface area contributed by atoms with Crippen LogP contribution in [0.3, 0.4) is 0 Å². The summed E-state index contributed by atoms with van der Waals surface area (Å²) in [5.41, 5.74) is -1.34. The average molecular weight is 360 g/mol. The lowest BCUT2D eigenvalue weighted by molar-refractivity contribution is -0.0479. The monoisotopic (exact) mass is 360 g/mol. The highest BCUT2D eigenvalue weighted by molar-refractivity contribution is 6.74. The molecule has 2 N–H and O–H groups in total. The molecule has 1 unspecified atom stereocenters. The van der Waals surface area contributed by atoms with Gasteiger partial charge in [-0.3, -0.25) is 14.3 Å². The quantitative estimate of drug-likeness (QED) is 0.786. The van der Waals surface area contributed by atoms with Crippen molar-refractivity contribution in [1.29, 1.82) is 0 Å². The Bertz CT molecular complexity index is 696. The number of nitrogens with one attached hydrogen (secondary N) is 1. The van der Waals surface area contributed by atoms with Gasteiger partial charge >= 0.3 is 5.69 Å². The van der Waals surface area contributed by atoms with Crippen molar-refractivity contribution >= 4 is 8.32 Å². The van der Waals surface area contributed by atoms with Crippen LogP contribution < -0.4 is 11.2 Å². The summed E-state index contributed by atoms with van der Waals surface area (Å²) in [6.45, 7) is 9.62. The minimum Gasteiger partial charge on any atom is -0.408 e. The minimum atomic E-state index is -2.30. The van der Waals surface area contributed by atoms with Gasteiger partial charge in [0.15, 0.2) is 20.7 Å². The molecule has 1 aromatic heterocycles. The molecule has 2 rings (SSSR count). The molecule has 0 spiro atoms. The third kappa shape index (κ3) is 3.53. The summed E-state index contributed by atoms with van der Waals surface area (Å²) in [6, 6.07) is 1.12. The van der Waals surface area contributed by atoms with Crippen molar-refractivity contribution in [2.24, 2.45) is 0 Å². The van der Waals surface area contributed by atoms with Crippen LogP contribution in [0, 0.1) is 0 Å². The van der Waals surface area contributed by atoms with Crippen LogP contribution in [0.4, 0.5) is 4.39 Å². The Morgan fingerprint density at radius 3 is 2.54 bits per heavy atom. The lowest BCUT2D eigenvalue weighted by atomic mass is 10.1. The number of rotatable bonds is 4. The van der Waals surface area contributed by atoms with Gasteiger partial charge in [0, 0.05) is 12.3 Å². The maximum absolute atomic E-state index is 15.0. The smallest absolute Gasteiger partial charge is 0.330 e. The van der Waals surface area contributed by atoms with Crippen molar-refractivity contribution in [2.75, 3.05) is 6.61 Å². The number of alkyl halides is 1. The second-order valence-electron chi connectivity index (χ2n) is 7.55. The van der Waals surface area contributed by atoms with Gasteiger partial charge in [-0.25, -0.2) is 9.18 Å². The minimum absolute atomic E-state index is 0.139. The summed E-state index contributed by atoms with van der Waals surface area (Å²) in [5, 5.41) is 9.39. The maximum atomic E-state index is 15.0. The number of aromatic nitrogens is 2. The van der Waals surface area contributed by atoms with Crippen molar-refractivity contribution in [3.63, 3.8) is 0 Å². The van der Waals surface area contributed by atoms with Gasteiger partial charge < -0.3 is 14.3 Å². The van der Waals surface area contributed by atoms with E-state index in [1.54, 1.807) is 0 Å². The lowest BCUT2D eigenvalue weighted by Gasteiger charge is -2.39. The molecule has 0 aromatic carbocycles. The van der Waals surface area contributed by atoms with Crippen molar-refractivity contribution < 1.29 is 18.7 Å². The zero-order valence-electron chi connectivity index (χ0n) is 14.6. The summed E-state index contributed by atoms with van der Waals surface area (Å²) in [5.74, 6) is 0. The first-order valence-corrected chi connectivity index (χ1v) is 10.8. The highest BCUT2D eigenvalue weighted by atomic mass is 28.4. The molecule has 4 atom stereocenters. The number of H-pyrrole nitrogens is 1. The number of aromatic amines is 1. The fourth-order valence-corrected chi connectivity index (χ4v) is 3.67. The number of halogens is 1. The van der Waals surface area contributed by atoms with E-state index in [0.717, 1.165) is 10.6 Å². The molecule has 0 saturated carbocycles. The lowest BCUT2D eigenvalue weighted by Crippen LogP contribution is -2.49. The largest absolute Gasteiger partial charge is 0.408 e. The molecule has 136 valence electrons. The second kappa shape index (κ2) is 6.55. The maximum Gasteiger partial charge on any atom is 0.330 e. The molecule has 1 aliphatic rings. The molecule has 1 aromatic rings. The zero-order valence-corrected chi connectivity index (χ0v) is 15.6.